The van der Waals surface area contributed by atoms with E-state index < -0.39 is 0 Å². The van der Waals surface area contributed by atoms with Crippen LogP contribution in [0.4, 0.5) is 0 Å². The van der Waals surface area contributed by atoms with E-state index in [1.807, 2.05) is 42.5 Å². The minimum Gasteiger partial charge on any atom is -0.484 e. The van der Waals surface area contributed by atoms with Crippen molar-refractivity contribution in [3.05, 3.63) is 64.6 Å². The smallest absolute Gasteiger partial charge is 0.277 e. The average molecular weight is 333 g/mol. The van der Waals surface area contributed by atoms with Gasteiger partial charge in [0.25, 0.3) is 5.91 Å². The molecule has 2 aromatic rings. The molecule has 0 fully saturated rings. The molecule has 0 saturated carbocycles. The van der Waals surface area contributed by atoms with Gasteiger partial charge in [-0.1, -0.05) is 52.3 Å². The molecule has 1 N–H and O–H groups in total. The number of amides is 1. The Morgan fingerprint density at radius 1 is 1.15 bits per heavy atom. The highest BCUT2D eigenvalue weighted by Crippen LogP contribution is 2.13. The summed E-state index contributed by atoms with van der Waals surface area (Å²) in [6.45, 7) is -0.0721. The van der Waals surface area contributed by atoms with E-state index in [0.717, 1.165) is 10.0 Å². The molecule has 0 aliphatic carbocycles. The van der Waals surface area contributed by atoms with Gasteiger partial charge in [0.1, 0.15) is 5.75 Å². The highest BCUT2D eigenvalue weighted by molar-refractivity contribution is 9.10. The van der Waals surface area contributed by atoms with Crippen LogP contribution in [0, 0.1) is 0 Å². The molecule has 102 valence electrons. The van der Waals surface area contributed by atoms with Crippen molar-refractivity contribution < 1.29 is 9.53 Å². The Balaban J connectivity index is 1.79. The fourth-order valence-corrected chi connectivity index (χ4v) is 1.84. The summed E-state index contributed by atoms with van der Waals surface area (Å²) >= 11 is 3.40. The molecule has 0 atom stereocenters. The number of hydrogen-bond acceptors (Lipinski definition) is 3. The van der Waals surface area contributed by atoms with Crippen LogP contribution >= 0.6 is 15.9 Å². The molecule has 0 saturated heterocycles. The molecular weight excluding hydrogens is 320 g/mol. The zero-order valence-corrected chi connectivity index (χ0v) is 12.2. The Morgan fingerprint density at radius 2 is 1.85 bits per heavy atom. The first kappa shape index (κ1) is 14.3. The topological polar surface area (TPSA) is 50.7 Å². The van der Waals surface area contributed by atoms with Gasteiger partial charge in [-0.3, -0.25) is 4.79 Å². The van der Waals surface area contributed by atoms with Gasteiger partial charge in [0, 0.05) is 10.0 Å². The van der Waals surface area contributed by atoms with Crippen molar-refractivity contribution in [2.75, 3.05) is 6.61 Å². The van der Waals surface area contributed by atoms with Gasteiger partial charge in [-0.2, -0.15) is 5.10 Å². The highest BCUT2D eigenvalue weighted by atomic mass is 79.9. The number of benzene rings is 2. The molecule has 0 aliphatic heterocycles. The number of hydrogen-bond donors (Lipinski definition) is 1. The van der Waals surface area contributed by atoms with Gasteiger partial charge in [-0.15, -0.1) is 0 Å². The van der Waals surface area contributed by atoms with Gasteiger partial charge in [0.05, 0.1) is 6.21 Å². The quantitative estimate of drug-likeness (QED) is 0.676. The second kappa shape index (κ2) is 7.45. The molecule has 0 unspecified atom stereocenters. The van der Waals surface area contributed by atoms with Crippen LogP contribution in [0.3, 0.4) is 0 Å². The number of rotatable bonds is 5. The van der Waals surface area contributed by atoms with Crippen LogP contribution in [-0.4, -0.2) is 18.7 Å². The first-order valence-corrected chi connectivity index (χ1v) is 6.79. The van der Waals surface area contributed by atoms with Gasteiger partial charge in [0.15, 0.2) is 6.61 Å². The summed E-state index contributed by atoms with van der Waals surface area (Å²) < 4.78 is 6.21. The number of carbonyl (C=O) groups is 1. The molecule has 2 aromatic carbocycles. The van der Waals surface area contributed by atoms with Gasteiger partial charge < -0.3 is 4.74 Å². The summed E-state index contributed by atoms with van der Waals surface area (Å²) in [7, 11) is 0. The van der Waals surface area contributed by atoms with E-state index in [4.69, 9.17) is 4.74 Å². The maximum absolute atomic E-state index is 11.5. The van der Waals surface area contributed by atoms with Crippen LogP contribution in [0.2, 0.25) is 0 Å². The molecule has 0 aromatic heterocycles. The second-order valence-corrected chi connectivity index (χ2v) is 4.77. The van der Waals surface area contributed by atoms with E-state index >= 15 is 0 Å². The Hall–Kier alpha value is -2.14. The van der Waals surface area contributed by atoms with Crippen LogP contribution in [-0.2, 0) is 4.79 Å². The molecule has 4 nitrogen and oxygen atoms in total. The molecular formula is C15H13BrN2O2. The van der Waals surface area contributed by atoms with Gasteiger partial charge in [0.2, 0.25) is 0 Å². The predicted molar refractivity (Wildman–Crippen MR) is 81.8 cm³/mol. The molecule has 0 bridgehead atoms. The number of carbonyl (C=O) groups excluding carboxylic acids is 1. The van der Waals surface area contributed by atoms with Crippen molar-refractivity contribution in [2.24, 2.45) is 5.10 Å². The predicted octanol–water partition coefficient (Wildman–Crippen LogP) is 2.98. The Morgan fingerprint density at radius 3 is 2.60 bits per heavy atom. The van der Waals surface area contributed by atoms with Gasteiger partial charge in [-0.05, 0) is 18.2 Å². The van der Waals surface area contributed by atoms with E-state index in [1.54, 1.807) is 18.3 Å². The molecule has 0 radical (unpaired) electrons. The average Bonchev–Trinajstić information content (AvgIpc) is 2.48. The highest BCUT2D eigenvalue weighted by Gasteiger charge is 2.00. The first-order chi connectivity index (χ1) is 9.75. The number of ether oxygens (including phenoxy) is 1. The van der Waals surface area contributed by atoms with Crippen molar-refractivity contribution in [3.8, 4) is 5.75 Å². The second-order valence-electron chi connectivity index (χ2n) is 3.92. The largest absolute Gasteiger partial charge is 0.484 e. The maximum Gasteiger partial charge on any atom is 0.277 e. The zero-order valence-electron chi connectivity index (χ0n) is 10.6. The maximum atomic E-state index is 11.5. The van der Waals surface area contributed by atoms with Gasteiger partial charge >= 0.3 is 0 Å². The van der Waals surface area contributed by atoms with Crippen LogP contribution < -0.4 is 10.2 Å². The molecule has 0 spiro atoms. The van der Waals surface area contributed by atoms with Crippen molar-refractivity contribution in [3.63, 3.8) is 0 Å². The normalized spacial score (nSPS) is 10.4. The summed E-state index contributed by atoms with van der Waals surface area (Å²) in [5, 5.41) is 3.88. The summed E-state index contributed by atoms with van der Waals surface area (Å²) in [5.41, 5.74) is 3.30. The monoisotopic (exact) mass is 332 g/mol. The number of nitrogens with zero attached hydrogens (tertiary/aromatic N) is 1. The fraction of sp³-hybridized carbons (Fsp3) is 0.0667. The molecule has 0 heterocycles. The SMILES string of the molecule is O=C(COc1ccccc1)NN=Cc1ccccc1Br. The van der Waals surface area contributed by atoms with Gasteiger partial charge in [-0.25, -0.2) is 5.43 Å². The third-order valence-electron chi connectivity index (χ3n) is 2.41. The molecule has 2 rings (SSSR count). The summed E-state index contributed by atoms with van der Waals surface area (Å²) in [6, 6.07) is 16.8. The van der Waals surface area contributed by atoms with E-state index in [0.29, 0.717) is 5.75 Å². The Kier molecular flexibility index (Phi) is 5.32. The Labute approximate surface area is 125 Å². The lowest BCUT2D eigenvalue weighted by Crippen LogP contribution is -2.24. The lowest BCUT2D eigenvalue weighted by atomic mass is 10.2. The number of nitrogens with one attached hydrogen (secondary N) is 1. The van der Waals surface area contributed by atoms with Crippen molar-refractivity contribution >= 4 is 28.1 Å². The summed E-state index contributed by atoms with van der Waals surface area (Å²) in [5.74, 6) is 0.342. The lowest BCUT2D eigenvalue weighted by molar-refractivity contribution is -0.123. The summed E-state index contributed by atoms with van der Waals surface area (Å²) in [4.78, 5) is 11.5. The number of para-hydroxylation sites is 1. The van der Waals surface area contributed by atoms with Crippen LogP contribution in [0.1, 0.15) is 5.56 Å². The molecule has 5 heteroatoms. The van der Waals surface area contributed by atoms with Crippen LogP contribution in [0.25, 0.3) is 0 Å². The van der Waals surface area contributed by atoms with E-state index in [2.05, 4.69) is 26.5 Å². The third-order valence-corrected chi connectivity index (χ3v) is 3.13. The molecule has 20 heavy (non-hydrogen) atoms. The standard InChI is InChI=1S/C15H13BrN2O2/c16-14-9-5-4-6-12(14)10-17-18-15(19)11-20-13-7-2-1-3-8-13/h1-10H,11H2,(H,18,19). The minimum absolute atomic E-state index is 0.0721. The molecule has 1 amide bonds. The minimum atomic E-state index is -0.308. The number of halogens is 1. The number of hydrazone groups is 1. The van der Waals surface area contributed by atoms with E-state index in [1.165, 1.54) is 0 Å². The van der Waals surface area contributed by atoms with Crippen molar-refractivity contribution in [1.29, 1.82) is 0 Å². The zero-order chi connectivity index (χ0) is 14.2. The van der Waals surface area contributed by atoms with Crippen LogP contribution in [0.5, 0.6) is 5.75 Å². The molecule has 0 aliphatic rings. The lowest BCUT2D eigenvalue weighted by Gasteiger charge is -2.04. The fourth-order valence-electron chi connectivity index (χ4n) is 1.45. The first-order valence-electron chi connectivity index (χ1n) is 6.00. The van der Waals surface area contributed by atoms with E-state index in [-0.39, 0.29) is 12.5 Å². The Bertz CT molecular complexity index is 600. The van der Waals surface area contributed by atoms with Crippen molar-refractivity contribution in [2.45, 2.75) is 0 Å². The van der Waals surface area contributed by atoms with E-state index in [9.17, 15) is 4.79 Å². The van der Waals surface area contributed by atoms with Crippen LogP contribution in [0.15, 0.2) is 64.2 Å². The summed E-state index contributed by atoms with van der Waals surface area (Å²) in [6.07, 6.45) is 1.57. The third kappa shape index (κ3) is 4.51. The van der Waals surface area contributed by atoms with Crippen molar-refractivity contribution in [1.82, 2.24) is 5.43 Å².